The molecule has 0 aliphatic carbocycles. The minimum Gasteiger partial charge on any atom is -0.462 e. The van der Waals surface area contributed by atoms with E-state index in [-0.39, 0.29) is 37.5 Å². The van der Waals surface area contributed by atoms with Gasteiger partial charge in [0.15, 0.2) is 6.10 Å². The second kappa shape index (κ2) is 58.9. The number of unbranched alkanes of at least 4 members (excludes halogenated alkanes) is 26. The van der Waals surface area contributed by atoms with Gasteiger partial charge >= 0.3 is 17.9 Å². The molecule has 0 saturated heterocycles. The van der Waals surface area contributed by atoms with E-state index in [2.05, 4.69) is 118 Å². The fourth-order valence-electron chi connectivity index (χ4n) is 8.09. The Kier molecular flexibility index (Phi) is 55.9. The molecule has 0 aromatic rings. The van der Waals surface area contributed by atoms with Crippen molar-refractivity contribution in [2.45, 2.75) is 284 Å². The summed E-state index contributed by atoms with van der Waals surface area (Å²) >= 11 is 0. The minimum atomic E-state index is -0.812. The molecule has 0 aliphatic heterocycles. The predicted octanol–water partition coefficient (Wildman–Crippen LogP) is 20.1. The maximum absolute atomic E-state index is 12.8. The number of carbonyl (C=O) groups excluding carboxylic acids is 3. The number of rotatable bonds is 53. The van der Waals surface area contributed by atoms with Gasteiger partial charge in [-0.3, -0.25) is 14.4 Å². The van der Waals surface area contributed by atoms with E-state index in [4.69, 9.17) is 14.2 Å². The summed E-state index contributed by atoms with van der Waals surface area (Å²) in [7, 11) is 0. The first-order chi connectivity index (χ1) is 35.0. The Labute approximate surface area is 438 Å². The van der Waals surface area contributed by atoms with Crippen molar-refractivity contribution in [3.63, 3.8) is 0 Å². The molecule has 0 aliphatic rings. The number of ether oxygens (including phenoxy) is 3. The third kappa shape index (κ3) is 57.1. The SMILES string of the molecule is CC/C=C\C/C=C\C/C=C\C/C=C\C/C=C\CCCC(=O)O[C@H](COC(=O)CCCCCCCCC/C=C\CCCCCCCC)COC(=O)CCCCCCCCCCC/C=C\C/C=C\CCCCC. The summed E-state index contributed by atoms with van der Waals surface area (Å²) in [6.07, 6.45) is 78.3. The number of hydrogen-bond donors (Lipinski definition) is 0. The Balaban J connectivity index is 4.47. The first-order valence-electron chi connectivity index (χ1n) is 29.7. The lowest BCUT2D eigenvalue weighted by Gasteiger charge is -2.18. The summed E-state index contributed by atoms with van der Waals surface area (Å²) in [5.41, 5.74) is 0. The summed E-state index contributed by atoms with van der Waals surface area (Å²) in [4.78, 5) is 38.2. The van der Waals surface area contributed by atoms with E-state index in [1.54, 1.807) is 0 Å². The molecule has 0 fully saturated rings. The van der Waals surface area contributed by atoms with Gasteiger partial charge in [0.2, 0.25) is 0 Å². The second-order valence-electron chi connectivity index (χ2n) is 19.5. The summed E-state index contributed by atoms with van der Waals surface area (Å²) in [5, 5.41) is 0. The van der Waals surface area contributed by atoms with Crippen LogP contribution in [0.1, 0.15) is 278 Å². The summed E-state index contributed by atoms with van der Waals surface area (Å²) in [5.74, 6) is -0.965. The number of allylic oxidation sites excluding steroid dienone is 16. The van der Waals surface area contributed by atoms with Gasteiger partial charge < -0.3 is 14.2 Å². The highest BCUT2D eigenvalue weighted by molar-refractivity contribution is 5.71. The lowest BCUT2D eigenvalue weighted by molar-refractivity contribution is -0.167. The van der Waals surface area contributed by atoms with Crippen molar-refractivity contribution in [2.24, 2.45) is 0 Å². The van der Waals surface area contributed by atoms with Crippen LogP contribution in [-0.4, -0.2) is 37.2 Å². The van der Waals surface area contributed by atoms with Crippen molar-refractivity contribution in [1.29, 1.82) is 0 Å². The van der Waals surface area contributed by atoms with E-state index in [9.17, 15) is 14.4 Å². The molecule has 0 saturated carbocycles. The van der Waals surface area contributed by atoms with E-state index < -0.39 is 6.10 Å². The van der Waals surface area contributed by atoms with Crippen LogP contribution in [0.3, 0.4) is 0 Å². The van der Waals surface area contributed by atoms with E-state index in [1.165, 1.54) is 148 Å². The van der Waals surface area contributed by atoms with Crippen molar-refractivity contribution in [3.05, 3.63) is 97.2 Å². The number of esters is 3. The average molecular weight is 988 g/mol. The van der Waals surface area contributed by atoms with Crippen LogP contribution in [0.4, 0.5) is 0 Å². The van der Waals surface area contributed by atoms with E-state index in [0.717, 1.165) is 83.5 Å². The standard InChI is InChI=1S/C65H110O6/c1-4-7-10-13-16-19-22-25-28-31-32-35-37-40-43-46-49-52-55-58-64(67)70-61-62(71-65(68)59-56-53-50-47-44-41-38-34-30-27-24-21-18-15-12-9-6-3)60-69-63(66)57-54-51-48-45-42-39-36-33-29-26-23-20-17-14-11-8-5-2/h9,12,16,18-19,21,25-30,38,41,47,50,62H,4-8,10-11,13-15,17,20,22-24,31-37,39-40,42-46,48-49,51-61H2,1-3H3/b12-9-,19-16-,21-18-,28-25-,29-26-,30-27-,41-38-,50-47-/t62-/m1/s1. The van der Waals surface area contributed by atoms with Crippen LogP contribution in [-0.2, 0) is 28.6 Å². The zero-order valence-corrected chi connectivity index (χ0v) is 46.5. The fraction of sp³-hybridized carbons (Fsp3) is 0.708. The third-order valence-electron chi connectivity index (χ3n) is 12.5. The Bertz CT molecular complexity index is 1410. The Morgan fingerprint density at radius 3 is 0.944 bits per heavy atom. The zero-order valence-electron chi connectivity index (χ0n) is 46.5. The molecule has 71 heavy (non-hydrogen) atoms. The van der Waals surface area contributed by atoms with Gasteiger partial charge in [-0.25, -0.2) is 0 Å². The van der Waals surface area contributed by atoms with Gasteiger partial charge in [-0.15, -0.1) is 0 Å². The van der Waals surface area contributed by atoms with Gasteiger partial charge in [0.1, 0.15) is 13.2 Å². The number of hydrogen-bond acceptors (Lipinski definition) is 6. The van der Waals surface area contributed by atoms with E-state index in [1.807, 2.05) is 0 Å². The molecule has 406 valence electrons. The summed E-state index contributed by atoms with van der Waals surface area (Å²) in [6, 6.07) is 0. The smallest absolute Gasteiger partial charge is 0.306 e. The summed E-state index contributed by atoms with van der Waals surface area (Å²) in [6.45, 7) is 6.46. The van der Waals surface area contributed by atoms with Crippen LogP contribution in [0.2, 0.25) is 0 Å². The van der Waals surface area contributed by atoms with Gasteiger partial charge in [-0.05, 0) is 116 Å². The van der Waals surface area contributed by atoms with Gasteiger partial charge in [-0.1, -0.05) is 240 Å². The molecule has 0 bridgehead atoms. The third-order valence-corrected chi connectivity index (χ3v) is 12.5. The van der Waals surface area contributed by atoms with Crippen molar-refractivity contribution in [2.75, 3.05) is 13.2 Å². The fourth-order valence-corrected chi connectivity index (χ4v) is 8.09. The van der Waals surface area contributed by atoms with Crippen LogP contribution in [0.25, 0.3) is 0 Å². The molecule has 6 nitrogen and oxygen atoms in total. The van der Waals surface area contributed by atoms with Crippen LogP contribution in [0.5, 0.6) is 0 Å². The molecule has 0 amide bonds. The van der Waals surface area contributed by atoms with Crippen molar-refractivity contribution in [3.8, 4) is 0 Å². The lowest BCUT2D eigenvalue weighted by atomic mass is 10.1. The minimum absolute atomic E-state index is 0.104. The predicted molar refractivity (Wildman–Crippen MR) is 307 cm³/mol. The highest BCUT2D eigenvalue weighted by Gasteiger charge is 2.19. The zero-order chi connectivity index (χ0) is 51.4. The number of carbonyl (C=O) groups is 3. The monoisotopic (exact) mass is 987 g/mol. The largest absolute Gasteiger partial charge is 0.462 e. The first-order valence-corrected chi connectivity index (χ1v) is 29.7. The molecule has 0 aromatic carbocycles. The van der Waals surface area contributed by atoms with Gasteiger partial charge in [0.05, 0.1) is 0 Å². The van der Waals surface area contributed by atoms with Crippen LogP contribution in [0.15, 0.2) is 97.2 Å². The average Bonchev–Trinajstić information content (AvgIpc) is 3.37. The highest BCUT2D eigenvalue weighted by atomic mass is 16.6. The van der Waals surface area contributed by atoms with Crippen molar-refractivity contribution < 1.29 is 28.6 Å². The molecule has 0 N–H and O–H groups in total. The second-order valence-corrected chi connectivity index (χ2v) is 19.5. The normalized spacial score (nSPS) is 12.8. The Morgan fingerprint density at radius 1 is 0.296 bits per heavy atom. The summed E-state index contributed by atoms with van der Waals surface area (Å²) < 4.78 is 16.8. The van der Waals surface area contributed by atoms with E-state index in [0.29, 0.717) is 19.3 Å². The molecule has 0 radical (unpaired) electrons. The van der Waals surface area contributed by atoms with Crippen LogP contribution >= 0.6 is 0 Å². The van der Waals surface area contributed by atoms with E-state index >= 15 is 0 Å². The molecular formula is C65H110O6. The quantitative estimate of drug-likeness (QED) is 0.0261. The molecule has 0 aromatic heterocycles. The first kappa shape index (κ1) is 67.3. The highest BCUT2D eigenvalue weighted by Crippen LogP contribution is 2.15. The Morgan fingerprint density at radius 2 is 0.563 bits per heavy atom. The van der Waals surface area contributed by atoms with Gasteiger partial charge in [-0.2, -0.15) is 0 Å². The van der Waals surface area contributed by atoms with Crippen molar-refractivity contribution >= 4 is 17.9 Å². The molecular weight excluding hydrogens is 877 g/mol. The molecule has 0 rings (SSSR count). The molecule has 0 spiro atoms. The molecule has 0 heterocycles. The molecule has 6 heteroatoms. The maximum Gasteiger partial charge on any atom is 0.306 e. The molecule has 1 atom stereocenters. The Hall–Kier alpha value is -3.67. The van der Waals surface area contributed by atoms with Crippen LogP contribution < -0.4 is 0 Å². The van der Waals surface area contributed by atoms with Crippen LogP contribution in [0, 0.1) is 0 Å². The van der Waals surface area contributed by atoms with Gasteiger partial charge in [0, 0.05) is 19.3 Å². The molecule has 0 unspecified atom stereocenters. The maximum atomic E-state index is 12.8. The lowest BCUT2D eigenvalue weighted by Crippen LogP contribution is -2.30. The van der Waals surface area contributed by atoms with Gasteiger partial charge in [0.25, 0.3) is 0 Å². The topological polar surface area (TPSA) is 78.9 Å². The van der Waals surface area contributed by atoms with Crippen molar-refractivity contribution in [1.82, 2.24) is 0 Å².